The first kappa shape index (κ1) is 55.9. The Bertz CT molecular complexity index is 889. The minimum atomic E-state index is -3.96. The zero-order chi connectivity index (χ0) is 40.9. The predicted molar refractivity (Wildman–Crippen MR) is 230 cm³/mol. The van der Waals surface area contributed by atoms with Gasteiger partial charge in [0.05, 0.1) is 19.8 Å². The molecular weight excluding hydrogens is 758 g/mol. The van der Waals surface area contributed by atoms with Crippen LogP contribution >= 0.6 is 15.6 Å². The Labute approximate surface area is 342 Å². The van der Waals surface area contributed by atoms with Gasteiger partial charge in [-0.15, -0.1) is 0 Å². The minimum Gasteiger partial charge on any atom is -0.396 e. The van der Waals surface area contributed by atoms with Crippen LogP contribution in [0.2, 0.25) is 0 Å². The molecule has 0 bridgehead atoms. The fraction of sp³-hybridized carbons (Fsp3) is 1.00. The van der Waals surface area contributed by atoms with E-state index in [9.17, 15) is 14.0 Å². The Balaban J connectivity index is 3.26. The van der Waals surface area contributed by atoms with Crippen LogP contribution in [0.25, 0.3) is 0 Å². The summed E-state index contributed by atoms with van der Waals surface area (Å²) in [5, 5.41) is 29.5. The molecule has 0 aliphatic rings. The van der Waals surface area contributed by atoms with Crippen LogP contribution in [0.3, 0.4) is 0 Å². The van der Waals surface area contributed by atoms with Gasteiger partial charge in [0.1, 0.15) is 0 Å². The minimum absolute atomic E-state index is 0.222. The van der Waals surface area contributed by atoms with Gasteiger partial charge in [-0.25, -0.2) is 9.13 Å². The van der Waals surface area contributed by atoms with E-state index in [0.717, 1.165) is 169 Å². The van der Waals surface area contributed by atoms with Crippen molar-refractivity contribution in [2.24, 2.45) is 0 Å². The Kier molecular flexibility index (Phi) is 44.4. The van der Waals surface area contributed by atoms with Crippen LogP contribution in [0.5, 0.6) is 0 Å². The molecule has 15 nitrogen and oxygen atoms in total. The lowest BCUT2D eigenvalue weighted by molar-refractivity contribution is 0.145. The molecule has 0 rings (SSSR count). The third kappa shape index (κ3) is 46.6. The molecule has 2 unspecified atom stereocenters. The van der Waals surface area contributed by atoms with Gasteiger partial charge in [-0.2, -0.15) is 0 Å². The number of nitrogens with one attached hydrogen (secondary N) is 6. The maximum atomic E-state index is 12.1. The molecule has 0 fully saturated rings. The Hall–Kier alpha value is -0.0600. The van der Waals surface area contributed by atoms with Gasteiger partial charge in [0.2, 0.25) is 0 Å². The molecule has 0 saturated carbocycles. The second-order valence-electron chi connectivity index (χ2n) is 14.6. The summed E-state index contributed by atoms with van der Waals surface area (Å²) in [6.45, 7) is 12.9. The first-order valence-corrected chi connectivity index (χ1v) is 25.3. The highest BCUT2D eigenvalue weighted by molar-refractivity contribution is 7.47. The molecule has 0 aliphatic carbocycles. The second kappa shape index (κ2) is 44.5. The van der Waals surface area contributed by atoms with E-state index in [-0.39, 0.29) is 19.8 Å². The van der Waals surface area contributed by atoms with Crippen LogP contribution in [0, 0.1) is 0 Å². The lowest BCUT2D eigenvalue weighted by atomic mass is 10.1. The van der Waals surface area contributed by atoms with Crippen molar-refractivity contribution >= 4 is 15.6 Å². The fourth-order valence-corrected chi connectivity index (χ4v) is 7.16. The van der Waals surface area contributed by atoms with Crippen molar-refractivity contribution in [2.45, 2.75) is 141 Å². The SMILES string of the molecule is COP(=O)(O)OCCCCNCCCNCCCCNCCCNCCCCOP(=O)(O)OCCCCCCCCCCCCCNCCCNCCCCO. The molecule has 0 amide bonds. The standard InChI is InChI=1S/C39H88N6O9P2/c1-51-55(47,48)52-38-19-15-28-44-34-22-31-41-25-12-13-26-42-32-23-35-45-29-16-20-39-54-56(49,50)53-37-18-10-8-6-4-2-3-5-7-9-11-24-40-30-21-33-43-27-14-17-36-46/h40-46H,2-39H2,1H3,(H,47,48)(H,49,50). The fourth-order valence-electron chi connectivity index (χ4n) is 5.90. The molecule has 0 aromatic rings. The van der Waals surface area contributed by atoms with Gasteiger partial charge >= 0.3 is 15.6 Å². The Morgan fingerprint density at radius 3 is 0.911 bits per heavy atom. The van der Waals surface area contributed by atoms with E-state index < -0.39 is 15.6 Å². The normalized spacial score (nSPS) is 14.0. The van der Waals surface area contributed by atoms with Crippen molar-refractivity contribution in [3.63, 3.8) is 0 Å². The summed E-state index contributed by atoms with van der Waals surface area (Å²) in [6, 6.07) is 0. The highest BCUT2D eigenvalue weighted by Crippen LogP contribution is 2.43. The van der Waals surface area contributed by atoms with Crippen molar-refractivity contribution in [1.82, 2.24) is 31.9 Å². The van der Waals surface area contributed by atoms with Crippen molar-refractivity contribution in [1.29, 1.82) is 0 Å². The number of phosphoric acid groups is 2. The highest BCUT2D eigenvalue weighted by Gasteiger charge is 2.20. The molecule has 0 aromatic heterocycles. The van der Waals surface area contributed by atoms with Crippen LogP contribution in [0.1, 0.15) is 141 Å². The highest BCUT2D eigenvalue weighted by atomic mass is 31.2. The number of hydrogen-bond acceptors (Lipinski definition) is 13. The van der Waals surface area contributed by atoms with Gasteiger partial charge in [0.25, 0.3) is 0 Å². The number of hydrogen-bond donors (Lipinski definition) is 9. The van der Waals surface area contributed by atoms with E-state index in [4.69, 9.17) is 23.6 Å². The summed E-state index contributed by atoms with van der Waals surface area (Å²) in [5.74, 6) is 0. The zero-order valence-corrected chi connectivity index (χ0v) is 37.3. The predicted octanol–water partition coefficient (Wildman–Crippen LogP) is 6.00. The van der Waals surface area contributed by atoms with E-state index in [1.165, 1.54) is 51.4 Å². The molecule has 0 aromatic carbocycles. The molecule has 9 N–H and O–H groups in total. The van der Waals surface area contributed by atoms with Crippen molar-refractivity contribution < 1.29 is 42.1 Å². The van der Waals surface area contributed by atoms with Crippen molar-refractivity contribution in [2.75, 3.05) is 112 Å². The lowest BCUT2D eigenvalue weighted by Gasteiger charge is -2.12. The van der Waals surface area contributed by atoms with Crippen LogP contribution in [-0.2, 0) is 27.2 Å². The van der Waals surface area contributed by atoms with Gasteiger partial charge in [0, 0.05) is 13.7 Å². The quantitative estimate of drug-likeness (QED) is 0.0255. The largest absolute Gasteiger partial charge is 0.472 e. The number of phosphoric ester groups is 2. The Morgan fingerprint density at radius 2 is 0.571 bits per heavy atom. The number of aliphatic hydroxyl groups is 1. The average molecular weight is 847 g/mol. The molecule has 0 radical (unpaired) electrons. The maximum absolute atomic E-state index is 12.1. The summed E-state index contributed by atoms with van der Waals surface area (Å²) >= 11 is 0. The van der Waals surface area contributed by atoms with Crippen molar-refractivity contribution in [3.05, 3.63) is 0 Å². The van der Waals surface area contributed by atoms with Gasteiger partial charge in [-0.05, 0) is 162 Å². The molecular formula is C39H88N6O9P2. The first-order chi connectivity index (χ1) is 27.3. The topological polar surface area (TPSA) is 204 Å². The summed E-state index contributed by atoms with van der Waals surface area (Å²) < 4.78 is 42.7. The molecule has 0 aliphatic heterocycles. The van der Waals surface area contributed by atoms with E-state index >= 15 is 0 Å². The molecule has 0 heterocycles. The number of aliphatic hydroxyl groups excluding tert-OH is 1. The molecule has 17 heteroatoms. The van der Waals surface area contributed by atoms with Gasteiger partial charge < -0.3 is 46.8 Å². The molecule has 338 valence electrons. The van der Waals surface area contributed by atoms with Crippen LogP contribution in [-0.4, -0.2) is 127 Å². The Morgan fingerprint density at radius 1 is 0.339 bits per heavy atom. The van der Waals surface area contributed by atoms with Crippen LogP contribution in [0.4, 0.5) is 0 Å². The van der Waals surface area contributed by atoms with Gasteiger partial charge in [0.15, 0.2) is 0 Å². The second-order valence-corrected chi connectivity index (χ2v) is 17.6. The lowest BCUT2D eigenvalue weighted by Crippen LogP contribution is -2.25. The maximum Gasteiger partial charge on any atom is 0.472 e. The van der Waals surface area contributed by atoms with Gasteiger partial charge in [-0.1, -0.05) is 57.8 Å². The van der Waals surface area contributed by atoms with Crippen molar-refractivity contribution in [3.8, 4) is 0 Å². The van der Waals surface area contributed by atoms with E-state index in [2.05, 4.69) is 36.4 Å². The summed E-state index contributed by atoms with van der Waals surface area (Å²) in [6.07, 6.45) is 24.0. The number of unbranched alkanes of at least 4 members (excludes halogenated alkanes) is 14. The summed E-state index contributed by atoms with van der Waals surface area (Å²) in [5.41, 5.74) is 0. The smallest absolute Gasteiger partial charge is 0.396 e. The van der Waals surface area contributed by atoms with E-state index in [1.807, 2.05) is 0 Å². The third-order valence-electron chi connectivity index (χ3n) is 9.33. The summed E-state index contributed by atoms with van der Waals surface area (Å²) in [4.78, 5) is 19.1. The van der Waals surface area contributed by atoms with E-state index in [0.29, 0.717) is 13.0 Å². The van der Waals surface area contributed by atoms with Gasteiger partial charge in [-0.3, -0.25) is 18.1 Å². The molecule has 2 atom stereocenters. The average Bonchev–Trinajstić information content (AvgIpc) is 3.18. The first-order valence-electron chi connectivity index (χ1n) is 22.3. The molecule has 0 saturated heterocycles. The van der Waals surface area contributed by atoms with Crippen LogP contribution < -0.4 is 31.9 Å². The van der Waals surface area contributed by atoms with Crippen LogP contribution in [0.15, 0.2) is 0 Å². The third-order valence-corrected chi connectivity index (χ3v) is 11.3. The monoisotopic (exact) mass is 847 g/mol. The molecule has 56 heavy (non-hydrogen) atoms. The number of rotatable bonds is 49. The van der Waals surface area contributed by atoms with E-state index in [1.54, 1.807) is 0 Å². The molecule has 0 spiro atoms. The zero-order valence-electron chi connectivity index (χ0n) is 35.6. The summed E-state index contributed by atoms with van der Waals surface area (Å²) in [7, 11) is -6.63.